The molecule has 30 heavy (non-hydrogen) atoms. The number of halogens is 1. The summed E-state index contributed by atoms with van der Waals surface area (Å²) in [6.45, 7) is 3.67. The van der Waals surface area contributed by atoms with Gasteiger partial charge in [-0.1, -0.05) is 31.9 Å². The summed E-state index contributed by atoms with van der Waals surface area (Å²) in [5.74, 6) is 3.33. The summed E-state index contributed by atoms with van der Waals surface area (Å²) in [4.78, 5) is 19.9. The molecule has 170 valence electrons. The predicted molar refractivity (Wildman–Crippen MR) is 137 cm³/mol. The summed E-state index contributed by atoms with van der Waals surface area (Å²) in [5, 5.41) is 6.81. The van der Waals surface area contributed by atoms with Crippen LogP contribution in [0.2, 0.25) is 0 Å². The maximum atomic E-state index is 12.7. The van der Waals surface area contributed by atoms with Crippen LogP contribution >= 0.6 is 35.7 Å². The minimum atomic E-state index is -0.299. The molecule has 1 aliphatic carbocycles. The van der Waals surface area contributed by atoms with Crippen molar-refractivity contribution in [3.8, 4) is 5.75 Å². The largest absolute Gasteiger partial charge is 0.496 e. The van der Waals surface area contributed by atoms with Gasteiger partial charge in [-0.2, -0.15) is 0 Å². The lowest BCUT2D eigenvalue weighted by Crippen LogP contribution is -2.49. The molecule has 1 unspecified atom stereocenters. The van der Waals surface area contributed by atoms with E-state index in [2.05, 4.69) is 28.6 Å². The fourth-order valence-corrected chi connectivity index (χ4v) is 4.82. The second-order valence-electron chi connectivity index (χ2n) is 8.06. The normalized spacial score (nSPS) is 16.4. The first-order chi connectivity index (χ1) is 13.9. The van der Waals surface area contributed by atoms with Gasteiger partial charge in [-0.15, -0.1) is 35.7 Å². The summed E-state index contributed by atoms with van der Waals surface area (Å²) in [5.41, 5.74) is -0.299. The number of carbonyl (C=O) groups excluding carboxylic acids is 1. The number of amides is 1. The molecule has 1 aromatic carbocycles. The smallest absolute Gasteiger partial charge is 0.230 e. The first-order valence-corrected chi connectivity index (χ1v) is 11.3. The fraction of sp³-hybridized carbons (Fsp3) is 0.636. The molecule has 0 spiro atoms. The highest BCUT2D eigenvalue weighted by molar-refractivity contribution is 14.0. The van der Waals surface area contributed by atoms with E-state index in [4.69, 9.17) is 4.74 Å². The van der Waals surface area contributed by atoms with Gasteiger partial charge < -0.3 is 20.3 Å². The van der Waals surface area contributed by atoms with Gasteiger partial charge in [0.25, 0.3) is 0 Å². The lowest BCUT2D eigenvalue weighted by atomic mass is 9.84. The molecule has 6 nitrogen and oxygen atoms in total. The summed E-state index contributed by atoms with van der Waals surface area (Å²) in [7, 11) is 7.17. The zero-order valence-corrected chi connectivity index (χ0v) is 22.0. The van der Waals surface area contributed by atoms with E-state index in [-0.39, 0.29) is 35.3 Å². The van der Waals surface area contributed by atoms with E-state index in [1.807, 2.05) is 32.3 Å². The van der Waals surface area contributed by atoms with Crippen molar-refractivity contribution >= 4 is 47.6 Å². The third kappa shape index (κ3) is 7.51. The Balaban J connectivity index is 0.00000450. The maximum Gasteiger partial charge on any atom is 0.230 e. The van der Waals surface area contributed by atoms with E-state index < -0.39 is 0 Å². The molecule has 0 heterocycles. The van der Waals surface area contributed by atoms with Gasteiger partial charge in [0.1, 0.15) is 5.75 Å². The molecular formula is C22H37IN4O2S. The minimum Gasteiger partial charge on any atom is -0.496 e. The Kier molecular flexibility index (Phi) is 11.9. The van der Waals surface area contributed by atoms with E-state index in [1.54, 1.807) is 30.8 Å². The van der Waals surface area contributed by atoms with Crippen molar-refractivity contribution in [2.75, 3.05) is 47.1 Å². The lowest BCUT2D eigenvalue weighted by Gasteiger charge is -2.31. The number of carbonyl (C=O) groups is 1. The predicted octanol–water partition coefficient (Wildman–Crippen LogP) is 3.86. The van der Waals surface area contributed by atoms with Crippen molar-refractivity contribution in [2.24, 2.45) is 16.3 Å². The van der Waals surface area contributed by atoms with Gasteiger partial charge in [0.05, 0.1) is 12.5 Å². The highest BCUT2D eigenvalue weighted by atomic mass is 127. The number of rotatable bonds is 9. The average molecular weight is 549 g/mol. The quantitative estimate of drug-likeness (QED) is 0.213. The van der Waals surface area contributed by atoms with Gasteiger partial charge in [-0.05, 0) is 30.9 Å². The number of nitrogens with one attached hydrogen (secondary N) is 2. The Morgan fingerprint density at radius 3 is 2.53 bits per heavy atom. The standard InChI is InChI=1S/C22H36N4O2S.HI/c1-17(15-29-19-11-7-6-10-18(19)28-5)14-24-21(23-2)25-16-22(12-8-9-13-22)20(27)26(3)4;/h6-7,10-11,17H,8-9,12-16H2,1-5H3,(H2,23,24,25);1H. The Bertz CT molecular complexity index is 693. The fourth-order valence-electron chi connectivity index (χ4n) is 3.77. The molecule has 1 atom stereocenters. The number of methoxy groups -OCH3 is 1. The molecular weight excluding hydrogens is 511 g/mol. The maximum absolute atomic E-state index is 12.7. The van der Waals surface area contributed by atoms with Gasteiger partial charge >= 0.3 is 0 Å². The van der Waals surface area contributed by atoms with E-state index in [0.29, 0.717) is 12.5 Å². The second kappa shape index (κ2) is 13.3. The number of hydrogen-bond donors (Lipinski definition) is 2. The van der Waals surface area contributed by atoms with Crippen molar-refractivity contribution in [3.63, 3.8) is 0 Å². The summed E-state index contributed by atoms with van der Waals surface area (Å²) in [6.07, 6.45) is 4.12. The zero-order chi connectivity index (χ0) is 21.3. The number of benzene rings is 1. The average Bonchev–Trinajstić information content (AvgIpc) is 3.21. The molecule has 0 bridgehead atoms. The van der Waals surface area contributed by atoms with Crippen LogP contribution in [0.25, 0.3) is 0 Å². The van der Waals surface area contributed by atoms with Gasteiger partial charge in [-0.3, -0.25) is 9.79 Å². The van der Waals surface area contributed by atoms with Crippen molar-refractivity contribution in [1.29, 1.82) is 0 Å². The van der Waals surface area contributed by atoms with E-state index in [0.717, 1.165) is 54.6 Å². The summed E-state index contributed by atoms with van der Waals surface area (Å²) >= 11 is 1.80. The molecule has 1 saturated carbocycles. The van der Waals surface area contributed by atoms with E-state index >= 15 is 0 Å². The molecule has 1 amide bonds. The van der Waals surface area contributed by atoms with Crippen LogP contribution in [0.5, 0.6) is 5.75 Å². The van der Waals surface area contributed by atoms with Crippen LogP contribution in [0.4, 0.5) is 0 Å². The molecule has 2 N–H and O–H groups in total. The van der Waals surface area contributed by atoms with Crippen molar-refractivity contribution in [2.45, 2.75) is 37.5 Å². The second-order valence-corrected chi connectivity index (χ2v) is 9.12. The number of guanidine groups is 1. The number of para-hydroxylation sites is 1. The first-order valence-electron chi connectivity index (χ1n) is 10.3. The number of thioether (sulfide) groups is 1. The third-order valence-electron chi connectivity index (χ3n) is 5.45. The Morgan fingerprint density at radius 1 is 1.27 bits per heavy atom. The topological polar surface area (TPSA) is 66.0 Å². The van der Waals surface area contributed by atoms with Crippen LogP contribution in [0.15, 0.2) is 34.2 Å². The van der Waals surface area contributed by atoms with Crippen molar-refractivity contribution < 1.29 is 9.53 Å². The molecule has 2 rings (SSSR count). The Hall–Kier alpha value is -1.16. The molecule has 0 radical (unpaired) electrons. The minimum absolute atomic E-state index is 0. The van der Waals surface area contributed by atoms with Crippen LogP contribution in [0, 0.1) is 11.3 Å². The Morgan fingerprint density at radius 2 is 1.93 bits per heavy atom. The van der Waals surface area contributed by atoms with Gasteiger partial charge in [0.2, 0.25) is 5.91 Å². The van der Waals surface area contributed by atoms with Crippen molar-refractivity contribution in [1.82, 2.24) is 15.5 Å². The molecule has 1 aromatic rings. The van der Waals surface area contributed by atoms with Crippen LogP contribution in [0.3, 0.4) is 0 Å². The molecule has 1 aliphatic rings. The molecule has 0 saturated heterocycles. The van der Waals surface area contributed by atoms with Crippen LogP contribution < -0.4 is 15.4 Å². The first kappa shape index (κ1) is 26.9. The van der Waals surface area contributed by atoms with Gasteiger partial charge in [0.15, 0.2) is 5.96 Å². The zero-order valence-electron chi connectivity index (χ0n) is 18.9. The summed E-state index contributed by atoms with van der Waals surface area (Å²) in [6, 6.07) is 8.10. The molecule has 0 aliphatic heterocycles. The highest BCUT2D eigenvalue weighted by Gasteiger charge is 2.42. The number of nitrogens with zero attached hydrogens (tertiary/aromatic N) is 2. The summed E-state index contributed by atoms with van der Waals surface area (Å²) < 4.78 is 5.42. The van der Waals surface area contributed by atoms with Gasteiger partial charge in [-0.25, -0.2) is 0 Å². The van der Waals surface area contributed by atoms with E-state index in [1.165, 1.54) is 0 Å². The molecule has 1 fully saturated rings. The van der Waals surface area contributed by atoms with Crippen LogP contribution in [-0.2, 0) is 4.79 Å². The SMILES string of the molecule is CN=C(NCC(C)CSc1ccccc1OC)NCC1(C(=O)N(C)C)CCCC1.I. The Labute approximate surface area is 203 Å². The number of hydrogen-bond acceptors (Lipinski definition) is 4. The van der Waals surface area contributed by atoms with Crippen LogP contribution in [0.1, 0.15) is 32.6 Å². The van der Waals surface area contributed by atoms with Crippen LogP contribution in [-0.4, -0.2) is 63.9 Å². The number of ether oxygens (including phenoxy) is 1. The third-order valence-corrected chi connectivity index (χ3v) is 6.83. The number of aliphatic imine (C=N–C) groups is 1. The van der Waals surface area contributed by atoms with E-state index in [9.17, 15) is 4.79 Å². The monoisotopic (exact) mass is 548 g/mol. The molecule has 8 heteroatoms. The van der Waals surface area contributed by atoms with Crippen molar-refractivity contribution in [3.05, 3.63) is 24.3 Å². The van der Waals surface area contributed by atoms with Gasteiger partial charge in [0, 0.05) is 44.9 Å². The highest BCUT2D eigenvalue weighted by Crippen LogP contribution is 2.38. The molecule has 0 aromatic heterocycles. The lowest BCUT2D eigenvalue weighted by molar-refractivity contribution is -0.138.